The third-order valence-corrected chi connectivity index (χ3v) is 2.20. The van der Waals surface area contributed by atoms with Crippen LogP contribution in [0.1, 0.15) is 10.4 Å². The van der Waals surface area contributed by atoms with Crippen LogP contribution in [-0.2, 0) is 0 Å². The van der Waals surface area contributed by atoms with Gasteiger partial charge in [-0.1, -0.05) is 35.9 Å². The van der Waals surface area contributed by atoms with Crippen LogP contribution in [0.2, 0.25) is 5.15 Å². The van der Waals surface area contributed by atoms with Gasteiger partial charge in [0.1, 0.15) is 11.5 Å². The smallest absolute Gasteiger partial charge is 0.150 e. The lowest BCUT2D eigenvalue weighted by molar-refractivity contribution is 0.112. The minimum atomic E-state index is 0.362. The molecule has 2 aromatic rings. The second-order valence-corrected chi connectivity index (χ2v) is 3.32. The molecule has 1 heterocycles. The van der Waals surface area contributed by atoms with Crippen molar-refractivity contribution in [1.82, 2.24) is 9.97 Å². The molecule has 2 rings (SSSR count). The summed E-state index contributed by atoms with van der Waals surface area (Å²) < 4.78 is 0. The molecule has 0 N–H and O–H groups in total. The number of hydrogen-bond donors (Lipinski definition) is 0. The van der Waals surface area contributed by atoms with Crippen LogP contribution in [0.4, 0.5) is 0 Å². The van der Waals surface area contributed by atoms with E-state index in [2.05, 4.69) is 9.97 Å². The third-order valence-electron chi connectivity index (χ3n) is 2.00. The van der Waals surface area contributed by atoms with E-state index in [1.165, 1.54) is 6.33 Å². The first-order valence-corrected chi connectivity index (χ1v) is 4.71. The summed E-state index contributed by atoms with van der Waals surface area (Å²) in [6, 6.07) is 8.83. The molecule has 4 heteroatoms. The summed E-state index contributed by atoms with van der Waals surface area (Å²) in [7, 11) is 0. The Morgan fingerprint density at radius 2 is 2.00 bits per heavy atom. The van der Waals surface area contributed by atoms with Gasteiger partial charge in [0.2, 0.25) is 0 Å². The average molecular weight is 219 g/mol. The molecule has 0 saturated heterocycles. The van der Waals surface area contributed by atoms with Crippen LogP contribution in [0.3, 0.4) is 0 Å². The SMILES string of the molecule is O=Cc1ccccc1-c1cc(Cl)ncn1. The maximum Gasteiger partial charge on any atom is 0.150 e. The van der Waals surface area contributed by atoms with Crippen molar-refractivity contribution in [1.29, 1.82) is 0 Å². The number of carbonyl (C=O) groups excluding carboxylic acids is 1. The lowest BCUT2D eigenvalue weighted by atomic mass is 10.1. The van der Waals surface area contributed by atoms with Crippen LogP contribution in [0.25, 0.3) is 11.3 Å². The van der Waals surface area contributed by atoms with Gasteiger partial charge in [0, 0.05) is 17.2 Å². The molecule has 0 aliphatic rings. The summed E-state index contributed by atoms with van der Waals surface area (Å²) in [5.74, 6) is 0. The molecule has 0 unspecified atom stereocenters. The molecule has 0 atom stereocenters. The van der Waals surface area contributed by atoms with Crippen LogP contribution in [-0.4, -0.2) is 16.3 Å². The van der Waals surface area contributed by atoms with E-state index in [1.54, 1.807) is 18.2 Å². The fourth-order valence-corrected chi connectivity index (χ4v) is 1.46. The lowest BCUT2D eigenvalue weighted by Gasteiger charge is -2.02. The van der Waals surface area contributed by atoms with Crippen molar-refractivity contribution in [2.24, 2.45) is 0 Å². The van der Waals surface area contributed by atoms with E-state index < -0.39 is 0 Å². The zero-order valence-electron chi connectivity index (χ0n) is 7.72. The highest BCUT2D eigenvalue weighted by Crippen LogP contribution is 2.21. The molecule has 0 aliphatic heterocycles. The van der Waals surface area contributed by atoms with Gasteiger partial charge in [0.15, 0.2) is 6.29 Å². The van der Waals surface area contributed by atoms with Crippen molar-refractivity contribution < 1.29 is 4.79 Å². The maximum atomic E-state index is 10.8. The van der Waals surface area contributed by atoms with E-state index in [0.717, 1.165) is 11.8 Å². The number of benzene rings is 1. The molecule has 0 spiro atoms. The van der Waals surface area contributed by atoms with E-state index in [4.69, 9.17) is 11.6 Å². The Hall–Kier alpha value is -1.74. The predicted octanol–water partition coefficient (Wildman–Crippen LogP) is 2.61. The minimum Gasteiger partial charge on any atom is -0.298 e. The summed E-state index contributed by atoms with van der Waals surface area (Å²) in [6.45, 7) is 0. The van der Waals surface area contributed by atoms with E-state index in [-0.39, 0.29) is 0 Å². The molecule has 15 heavy (non-hydrogen) atoms. The Labute approximate surface area is 91.8 Å². The molecule has 0 amide bonds. The number of halogens is 1. The molecule has 0 saturated carbocycles. The van der Waals surface area contributed by atoms with E-state index in [9.17, 15) is 4.79 Å². The van der Waals surface area contributed by atoms with Gasteiger partial charge in [0.25, 0.3) is 0 Å². The summed E-state index contributed by atoms with van der Waals surface area (Å²) in [6.07, 6.45) is 2.17. The second-order valence-electron chi connectivity index (χ2n) is 2.93. The lowest BCUT2D eigenvalue weighted by Crippen LogP contribution is -1.90. The highest BCUT2D eigenvalue weighted by Gasteiger charge is 2.05. The Bertz CT molecular complexity index is 499. The van der Waals surface area contributed by atoms with Crippen LogP contribution in [0.5, 0.6) is 0 Å². The van der Waals surface area contributed by atoms with Crippen LogP contribution >= 0.6 is 11.6 Å². The molecule has 0 fully saturated rings. The summed E-state index contributed by atoms with van der Waals surface area (Å²) in [5.41, 5.74) is 2.00. The number of rotatable bonds is 2. The van der Waals surface area contributed by atoms with Gasteiger partial charge in [-0.3, -0.25) is 4.79 Å². The van der Waals surface area contributed by atoms with Crippen LogP contribution < -0.4 is 0 Å². The Morgan fingerprint density at radius 3 is 2.73 bits per heavy atom. The molecule has 3 nitrogen and oxygen atoms in total. The number of hydrogen-bond acceptors (Lipinski definition) is 3. The monoisotopic (exact) mass is 218 g/mol. The number of aromatic nitrogens is 2. The van der Waals surface area contributed by atoms with Crippen molar-refractivity contribution >= 4 is 17.9 Å². The summed E-state index contributed by atoms with van der Waals surface area (Å²) >= 11 is 5.75. The highest BCUT2D eigenvalue weighted by molar-refractivity contribution is 6.29. The largest absolute Gasteiger partial charge is 0.298 e. The topological polar surface area (TPSA) is 42.9 Å². The number of nitrogens with zero attached hydrogens (tertiary/aromatic N) is 2. The van der Waals surface area contributed by atoms with Crippen molar-refractivity contribution in [3.05, 3.63) is 47.4 Å². The molecular weight excluding hydrogens is 212 g/mol. The average Bonchev–Trinajstić information content (AvgIpc) is 2.29. The van der Waals surface area contributed by atoms with E-state index >= 15 is 0 Å². The van der Waals surface area contributed by atoms with E-state index in [1.807, 2.05) is 12.1 Å². The Morgan fingerprint density at radius 1 is 1.20 bits per heavy atom. The van der Waals surface area contributed by atoms with E-state index in [0.29, 0.717) is 16.4 Å². The normalized spacial score (nSPS) is 9.93. The highest BCUT2D eigenvalue weighted by atomic mass is 35.5. The summed E-state index contributed by atoms with van der Waals surface area (Å²) in [4.78, 5) is 18.7. The first-order chi connectivity index (χ1) is 7.31. The van der Waals surface area contributed by atoms with Crippen LogP contribution in [0, 0.1) is 0 Å². The first-order valence-electron chi connectivity index (χ1n) is 4.33. The van der Waals surface area contributed by atoms with Gasteiger partial charge in [-0.25, -0.2) is 9.97 Å². The number of aldehydes is 1. The van der Waals surface area contributed by atoms with Crippen molar-refractivity contribution in [2.75, 3.05) is 0 Å². The Balaban J connectivity index is 2.58. The molecule has 1 aromatic heterocycles. The quantitative estimate of drug-likeness (QED) is 0.575. The molecule has 0 aliphatic carbocycles. The van der Waals surface area contributed by atoms with Crippen molar-refractivity contribution in [2.45, 2.75) is 0 Å². The molecule has 1 aromatic carbocycles. The zero-order valence-corrected chi connectivity index (χ0v) is 8.48. The van der Waals surface area contributed by atoms with Gasteiger partial charge < -0.3 is 0 Å². The summed E-state index contributed by atoms with van der Waals surface area (Å²) in [5, 5.41) is 0.362. The number of carbonyl (C=O) groups is 1. The second kappa shape index (κ2) is 4.19. The van der Waals surface area contributed by atoms with Crippen molar-refractivity contribution in [3.8, 4) is 11.3 Å². The molecular formula is C11H7ClN2O. The predicted molar refractivity (Wildman–Crippen MR) is 57.9 cm³/mol. The van der Waals surface area contributed by atoms with Gasteiger partial charge >= 0.3 is 0 Å². The minimum absolute atomic E-state index is 0.362. The standard InChI is InChI=1S/C11H7ClN2O/c12-11-5-10(13-7-14-11)9-4-2-1-3-8(9)6-15/h1-7H. The van der Waals surface area contributed by atoms with Gasteiger partial charge in [-0.05, 0) is 0 Å². The molecule has 74 valence electrons. The zero-order chi connectivity index (χ0) is 10.7. The fraction of sp³-hybridized carbons (Fsp3) is 0. The van der Waals surface area contributed by atoms with Crippen molar-refractivity contribution in [3.63, 3.8) is 0 Å². The maximum absolute atomic E-state index is 10.8. The Kier molecular flexibility index (Phi) is 2.74. The third kappa shape index (κ3) is 2.02. The van der Waals surface area contributed by atoms with Gasteiger partial charge in [-0.2, -0.15) is 0 Å². The van der Waals surface area contributed by atoms with Crippen LogP contribution in [0.15, 0.2) is 36.7 Å². The fourth-order valence-electron chi connectivity index (χ4n) is 1.31. The molecule has 0 radical (unpaired) electrons. The van der Waals surface area contributed by atoms with Gasteiger partial charge in [-0.15, -0.1) is 0 Å². The van der Waals surface area contributed by atoms with Gasteiger partial charge in [0.05, 0.1) is 5.69 Å². The first kappa shape index (κ1) is 9.80. The molecule has 0 bridgehead atoms.